The molecule has 0 radical (unpaired) electrons. The van der Waals surface area contributed by atoms with Crippen LogP contribution in [0.2, 0.25) is 0 Å². The first-order chi connectivity index (χ1) is 23.3. The third-order valence-corrected chi connectivity index (χ3v) is 7.14. The molecule has 0 saturated heterocycles. The average Bonchev–Trinajstić information content (AvgIpc) is 3.43. The van der Waals surface area contributed by atoms with Crippen LogP contribution in [0.15, 0.2) is 0 Å². The van der Waals surface area contributed by atoms with Gasteiger partial charge >= 0.3 is 7.32 Å². The SMILES string of the molecule is COc1c(OC)c(-c2c(F)c(F)c(F)c(F)c2F)c2c(-c3c(F)c(F)c(F)c(F)c3F)c(OB(O)O)[nH]c2c1-c1c(F)c(F)c(F)c(F)c1F. The molecule has 0 atom stereocenters. The molecule has 6 nitrogen and oxygen atoms in total. The Balaban J connectivity index is 2.27. The number of aromatic nitrogens is 1. The van der Waals surface area contributed by atoms with Crippen LogP contribution in [0.1, 0.15) is 0 Å². The normalized spacial score (nSPS) is 11.5. The minimum absolute atomic E-state index is 0.487. The maximum atomic E-state index is 15.4. The maximum absolute atomic E-state index is 15.4. The first-order valence-corrected chi connectivity index (χ1v) is 12.8. The fourth-order valence-corrected chi connectivity index (χ4v) is 5.14. The average molecular weight is 735 g/mol. The van der Waals surface area contributed by atoms with Gasteiger partial charge in [0.1, 0.15) is 0 Å². The molecule has 3 N–H and O–H groups in total. The van der Waals surface area contributed by atoms with E-state index < -0.39 is 156 Å². The second-order valence-electron chi connectivity index (χ2n) is 9.67. The molecule has 5 rings (SSSR count). The Hall–Kier alpha value is -5.25. The van der Waals surface area contributed by atoms with Crippen molar-refractivity contribution in [1.29, 1.82) is 0 Å². The number of methoxy groups -OCH3 is 2. The number of nitrogens with one attached hydrogen (secondary N) is 1. The van der Waals surface area contributed by atoms with E-state index in [0.717, 1.165) is 0 Å². The van der Waals surface area contributed by atoms with Gasteiger partial charge < -0.3 is 29.2 Å². The molecule has 0 bridgehead atoms. The molecule has 50 heavy (non-hydrogen) atoms. The van der Waals surface area contributed by atoms with Crippen molar-refractivity contribution in [2.75, 3.05) is 14.2 Å². The van der Waals surface area contributed by atoms with Crippen LogP contribution in [0.4, 0.5) is 65.9 Å². The van der Waals surface area contributed by atoms with E-state index in [4.69, 9.17) is 9.47 Å². The largest absolute Gasteiger partial charge is 0.708 e. The second kappa shape index (κ2) is 12.6. The monoisotopic (exact) mass is 735 g/mol. The van der Waals surface area contributed by atoms with E-state index in [1.165, 1.54) is 0 Å². The van der Waals surface area contributed by atoms with Gasteiger partial charge in [-0.1, -0.05) is 0 Å². The minimum Gasteiger partial charge on any atom is -0.498 e. The Bertz CT molecular complexity index is 2190. The first kappa shape index (κ1) is 36.0. The molecule has 264 valence electrons. The van der Waals surface area contributed by atoms with Gasteiger partial charge in [-0.05, 0) is 0 Å². The number of aromatic amines is 1. The highest BCUT2D eigenvalue weighted by atomic mass is 19.2. The van der Waals surface area contributed by atoms with Gasteiger partial charge in [0.2, 0.25) is 17.5 Å². The predicted octanol–water partition coefficient (Wildman–Crippen LogP) is 7.62. The number of rotatable bonds is 7. The number of fused-ring (bicyclic) bond motifs is 1. The summed E-state index contributed by atoms with van der Waals surface area (Å²) in [7, 11) is -2.17. The summed E-state index contributed by atoms with van der Waals surface area (Å²) in [5, 5.41) is 17.3. The number of halogens is 15. The van der Waals surface area contributed by atoms with Gasteiger partial charge in [-0.2, -0.15) is 0 Å². The maximum Gasteiger partial charge on any atom is 0.708 e. The molecule has 1 heterocycles. The molecule has 0 aliphatic rings. The van der Waals surface area contributed by atoms with Crippen molar-refractivity contribution in [2.45, 2.75) is 0 Å². The summed E-state index contributed by atoms with van der Waals surface area (Å²) in [6.45, 7) is 0. The smallest absolute Gasteiger partial charge is 0.498 e. The Morgan fingerprint density at radius 1 is 0.400 bits per heavy atom. The lowest BCUT2D eigenvalue weighted by Crippen LogP contribution is -2.21. The summed E-state index contributed by atoms with van der Waals surface area (Å²) in [4.78, 5) is 1.76. The highest BCUT2D eigenvalue weighted by Crippen LogP contribution is 2.57. The Morgan fingerprint density at radius 2 is 0.680 bits per heavy atom. The van der Waals surface area contributed by atoms with E-state index >= 15 is 26.3 Å². The molecule has 0 amide bonds. The molecule has 5 aromatic rings. The lowest BCUT2D eigenvalue weighted by molar-refractivity contribution is 0.284. The summed E-state index contributed by atoms with van der Waals surface area (Å²) in [5.41, 5.74) is -13.0. The number of ether oxygens (including phenoxy) is 2. The van der Waals surface area contributed by atoms with Crippen LogP contribution in [0.25, 0.3) is 44.3 Å². The van der Waals surface area contributed by atoms with Crippen molar-refractivity contribution in [3.63, 3.8) is 0 Å². The van der Waals surface area contributed by atoms with Crippen molar-refractivity contribution >= 4 is 18.2 Å². The molecule has 0 unspecified atom stereocenters. The molecule has 22 heteroatoms. The lowest BCUT2D eigenvalue weighted by atomic mass is 9.88. The quantitative estimate of drug-likeness (QED) is 0.0694. The van der Waals surface area contributed by atoms with Gasteiger partial charge in [-0.3, -0.25) is 0 Å². The van der Waals surface area contributed by atoms with E-state index in [1.807, 2.05) is 0 Å². The highest BCUT2D eigenvalue weighted by Gasteiger charge is 2.40. The fourth-order valence-electron chi connectivity index (χ4n) is 5.14. The van der Waals surface area contributed by atoms with E-state index in [0.29, 0.717) is 14.2 Å². The van der Waals surface area contributed by atoms with E-state index in [-0.39, 0.29) is 0 Å². The summed E-state index contributed by atoms with van der Waals surface area (Å²) in [6, 6.07) is 0. The standard InChI is InChI=1S/C28H9BF15NO5/c1-48-26-4(6-10(30)16(36)22(42)17(37)11(6)31)3-5(7-12(32)18(38)23(43)19(39)13(7)33)28(50-29(46)47)45-25(3)9(27(26)49-2)8-14(34)20(40)24(44)21(41)15(8)35/h45-47H,1-2H3. The zero-order valence-corrected chi connectivity index (χ0v) is 23.9. The topological polar surface area (TPSA) is 83.9 Å². The number of hydrogen-bond donors (Lipinski definition) is 3. The van der Waals surface area contributed by atoms with Gasteiger partial charge in [-0.25, -0.2) is 65.9 Å². The second-order valence-corrected chi connectivity index (χ2v) is 9.67. The Labute approximate surface area is 266 Å². The number of benzene rings is 4. The summed E-state index contributed by atoms with van der Waals surface area (Å²) in [6.07, 6.45) is 0. The third kappa shape index (κ3) is 4.95. The van der Waals surface area contributed by atoms with Crippen LogP contribution in [-0.4, -0.2) is 36.6 Å². The van der Waals surface area contributed by atoms with Crippen LogP contribution < -0.4 is 14.1 Å². The van der Waals surface area contributed by atoms with Crippen molar-refractivity contribution in [3.05, 3.63) is 87.3 Å². The zero-order valence-electron chi connectivity index (χ0n) is 23.9. The van der Waals surface area contributed by atoms with Crippen LogP contribution >= 0.6 is 0 Å². The van der Waals surface area contributed by atoms with Crippen molar-refractivity contribution in [3.8, 4) is 50.8 Å². The van der Waals surface area contributed by atoms with Gasteiger partial charge in [-0.15, -0.1) is 0 Å². The third-order valence-electron chi connectivity index (χ3n) is 7.14. The van der Waals surface area contributed by atoms with E-state index in [2.05, 4.69) is 4.65 Å². The first-order valence-electron chi connectivity index (χ1n) is 12.8. The summed E-state index contributed by atoms with van der Waals surface area (Å²) < 4.78 is 236. The molecule has 1 aromatic heterocycles. The van der Waals surface area contributed by atoms with Crippen LogP contribution in [0.3, 0.4) is 0 Å². The van der Waals surface area contributed by atoms with Crippen molar-refractivity contribution in [1.82, 2.24) is 4.98 Å². The predicted molar refractivity (Wildman–Crippen MR) is 138 cm³/mol. The van der Waals surface area contributed by atoms with Crippen LogP contribution in [-0.2, 0) is 0 Å². The van der Waals surface area contributed by atoms with Gasteiger partial charge in [0.05, 0.1) is 47.6 Å². The fraction of sp³-hybridized carbons (Fsp3) is 0.0714. The molecular formula is C28H9BF15NO5. The van der Waals surface area contributed by atoms with Gasteiger partial charge in [0.25, 0.3) is 0 Å². The van der Waals surface area contributed by atoms with E-state index in [1.54, 1.807) is 4.98 Å². The molecule has 0 aliphatic heterocycles. The summed E-state index contributed by atoms with van der Waals surface area (Å²) >= 11 is 0. The Morgan fingerprint density at radius 3 is 1.00 bits per heavy atom. The van der Waals surface area contributed by atoms with Crippen LogP contribution in [0, 0.1) is 87.3 Å². The summed E-state index contributed by atoms with van der Waals surface area (Å²) in [5.74, 6) is -46.1. The van der Waals surface area contributed by atoms with Crippen LogP contribution in [0.5, 0.6) is 17.4 Å². The van der Waals surface area contributed by atoms with Crippen molar-refractivity contribution in [2.24, 2.45) is 0 Å². The Kier molecular flexibility index (Phi) is 9.07. The van der Waals surface area contributed by atoms with Gasteiger partial charge in [0.15, 0.2) is 87.2 Å². The van der Waals surface area contributed by atoms with E-state index in [9.17, 15) is 49.6 Å². The van der Waals surface area contributed by atoms with Gasteiger partial charge in [0, 0.05) is 10.9 Å². The highest BCUT2D eigenvalue weighted by molar-refractivity contribution is 6.34. The van der Waals surface area contributed by atoms with Crippen molar-refractivity contribution < 1.29 is 90.0 Å². The number of H-pyrrole nitrogens is 1. The molecular weight excluding hydrogens is 726 g/mol. The minimum atomic E-state index is -3.19. The molecule has 0 fully saturated rings. The molecule has 0 spiro atoms. The number of hydrogen-bond acceptors (Lipinski definition) is 5. The molecule has 0 saturated carbocycles. The molecule has 4 aromatic carbocycles. The zero-order chi connectivity index (χ0) is 37.4. The molecule has 0 aliphatic carbocycles. The lowest BCUT2D eigenvalue weighted by Gasteiger charge is -2.21.